The first-order chi connectivity index (χ1) is 15.7. The first-order valence-corrected chi connectivity index (χ1v) is 12.4. The zero-order valence-electron chi connectivity index (χ0n) is 20.3. The van der Waals surface area contributed by atoms with Crippen molar-refractivity contribution in [3.8, 4) is 0 Å². The number of rotatable bonds is 6. The van der Waals surface area contributed by atoms with Gasteiger partial charge >= 0.3 is 0 Å². The number of amides is 1. The minimum atomic E-state index is -0.469. The lowest BCUT2D eigenvalue weighted by molar-refractivity contribution is 0.0889. The summed E-state index contributed by atoms with van der Waals surface area (Å²) >= 11 is 6.12. The highest BCUT2D eigenvalue weighted by molar-refractivity contribution is 6.30. The number of benzene rings is 1. The number of halogens is 1. The summed E-state index contributed by atoms with van der Waals surface area (Å²) in [5, 5.41) is 12.6. The third-order valence-electron chi connectivity index (χ3n) is 7.39. The molecular formula is C27H35ClN4O. The largest absolute Gasteiger partial charge is 0.366 e. The maximum Gasteiger partial charge on any atom is 0.257 e. The molecule has 2 heterocycles. The van der Waals surface area contributed by atoms with Gasteiger partial charge in [-0.05, 0) is 64.2 Å². The van der Waals surface area contributed by atoms with Gasteiger partial charge in [0.05, 0.1) is 16.8 Å². The predicted molar refractivity (Wildman–Crippen MR) is 136 cm³/mol. The molecule has 5 nitrogen and oxygen atoms in total. The molecular weight excluding hydrogens is 432 g/mol. The third-order valence-corrected chi connectivity index (χ3v) is 7.64. The molecule has 1 aromatic carbocycles. The average Bonchev–Trinajstić information content (AvgIpc) is 3.15. The van der Waals surface area contributed by atoms with Gasteiger partial charge in [0.2, 0.25) is 0 Å². The number of carbonyl (C=O) groups is 1. The molecule has 1 aliphatic carbocycles. The fraction of sp³-hybridized carbons (Fsp3) is 0.481. The van der Waals surface area contributed by atoms with Crippen molar-refractivity contribution in [2.75, 3.05) is 5.32 Å². The fourth-order valence-corrected chi connectivity index (χ4v) is 5.46. The Balaban J connectivity index is 1.69. The SMILES string of the molecule is CCC(CC)(NC(=O)c1c(C)nn2c1N[C@@H](C1C=CC=CC1)CC2(C)C)c1ccc(Cl)cc1. The lowest BCUT2D eigenvalue weighted by atomic mass is 9.82. The lowest BCUT2D eigenvalue weighted by Crippen LogP contribution is -2.47. The van der Waals surface area contributed by atoms with Crippen LogP contribution in [0.3, 0.4) is 0 Å². The molecule has 0 bridgehead atoms. The first kappa shape index (κ1) is 23.6. The van der Waals surface area contributed by atoms with Gasteiger partial charge in [-0.2, -0.15) is 5.10 Å². The van der Waals surface area contributed by atoms with Crippen LogP contribution in [0.2, 0.25) is 5.02 Å². The molecule has 6 heteroatoms. The van der Waals surface area contributed by atoms with Crippen molar-refractivity contribution in [3.63, 3.8) is 0 Å². The van der Waals surface area contributed by atoms with Crippen molar-refractivity contribution < 1.29 is 4.79 Å². The molecule has 1 unspecified atom stereocenters. The van der Waals surface area contributed by atoms with E-state index >= 15 is 0 Å². The van der Waals surface area contributed by atoms with Gasteiger partial charge in [0.25, 0.3) is 5.91 Å². The van der Waals surface area contributed by atoms with E-state index in [1.807, 2.05) is 35.9 Å². The molecule has 0 spiro atoms. The Morgan fingerprint density at radius 2 is 1.94 bits per heavy atom. The smallest absolute Gasteiger partial charge is 0.257 e. The van der Waals surface area contributed by atoms with Crippen molar-refractivity contribution in [3.05, 3.63) is 70.4 Å². The van der Waals surface area contributed by atoms with Gasteiger partial charge in [-0.15, -0.1) is 0 Å². The number of hydrogen-bond donors (Lipinski definition) is 2. The molecule has 2 atom stereocenters. The Hall–Kier alpha value is -2.53. The molecule has 2 N–H and O–H groups in total. The molecule has 0 saturated heterocycles. The van der Waals surface area contributed by atoms with Crippen molar-refractivity contribution in [2.24, 2.45) is 5.92 Å². The molecule has 1 aliphatic heterocycles. The van der Waals surface area contributed by atoms with Crippen LogP contribution in [0.5, 0.6) is 0 Å². The van der Waals surface area contributed by atoms with E-state index in [1.165, 1.54) is 0 Å². The molecule has 1 aromatic heterocycles. The second-order valence-corrected chi connectivity index (χ2v) is 10.4. The number of aromatic nitrogens is 2. The van der Waals surface area contributed by atoms with Crippen molar-refractivity contribution in [1.29, 1.82) is 0 Å². The molecule has 1 amide bonds. The third kappa shape index (κ3) is 4.35. The molecule has 176 valence electrons. The van der Waals surface area contributed by atoms with Gasteiger partial charge in [0.1, 0.15) is 11.4 Å². The van der Waals surface area contributed by atoms with E-state index in [0.717, 1.165) is 42.8 Å². The summed E-state index contributed by atoms with van der Waals surface area (Å²) in [6.45, 7) is 10.6. The second-order valence-electron chi connectivity index (χ2n) is 9.95. The van der Waals surface area contributed by atoms with Gasteiger partial charge in [-0.25, -0.2) is 4.68 Å². The van der Waals surface area contributed by atoms with Crippen molar-refractivity contribution in [2.45, 2.75) is 77.4 Å². The van der Waals surface area contributed by atoms with Gasteiger partial charge in [0, 0.05) is 17.0 Å². The van der Waals surface area contributed by atoms with Crippen LogP contribution in [-0.2, 0) is 11.1 Å². The van der Waals surface area contributed by atoms with Crippen LogP contribution in [0.25, 0.3) is 0 Å². The average molecular weight is 467 g/mol. The fourth-order valence-electron chi connectivity index (χ4n) is 5.33. The number of allylic oxidation sites excluding steroid dienone is 3. The van der Waals surface area contributed by atoms with E-state index in [9.17, 15) is 4.79 Å². The summed E-state index contributed by atoms with van der Waals surface area (Å²) in [5.74, 6) is 1.13. The van der Waals surface area contributed by atoms with E-state index in [2.05, 4.69) is 62.6 Å². The molecule has 0 radical (unpaired) electrons. The molecule has 0 fully saturated rings. The Morgan fingerprint density at radius 3 is 2.55 bits per heavy atom. The Kier molecular flexibility index (Phi) is 6.45. The molecule has 33 heavy (non-hydrogen) atoms. The summed E-state index contributed by atoms with van der Waals surface area (Å²) in [7, 11) is 0. The minimum Gasteiger partial charge on any atom is -0.366 e. The zero-order chi connectivity index (χ0) is 23.8. The minimum absolute atomic E-state index is 0.0876. The zero-order valence-corrected chi connectivity index (χ0v) is 21.0. The predicted octanol–water partition coefficient (Wildman–Crippen LogP) is 6.34. The quantitative estimate of drug-likeness (QED) is 0.522. The van der Waals surface area contributed by atoms with Gasteiger partial charge in [-0.3, -0.25) is 4.79 Å². The van der Waals surface area contributed by atoms with Crippen LogP contribution < -0.4 is 10.6 Å². The summed E-state index contributed by atoms with van der Waals surface area (Å²) < 4.78 is 2.01. The normalized spacial score (nSPS) is 21.4. The van der Waals surface area contributed by atoms with Crippen molar-refractivity contribution in [1.82, 2.24) is 15.1 Å². The van der Waals surface area contributed by atoms with Gasteiger partial charge in [-0.1, -0.05) is 61.9 Å². The van der Waals surface area contributed by atoms with Crippen molar-refractivity contribution >= 4 is 23.3 Å². The highest BCUT2D eigenvalue weighted by Gasteiger charge is 2.40. The number of anilines is 1. The summed E-state index contributed by atoms with van der Waals surface area (Å²) in [6.07, 6.45) is 12.2. The van der Waals surface area contributed by atoms with Gasteiger partial charge in [0.15, 0.2) is 0 Å². The molecule has 4 rings (SSSR count). The van der Waals surface area contributed by atoms with Crippen LogP contribution in [0.1, 0.15) is 75.0 Å². The summed E-state index contributed by atoms with van der Waals surface area (Å²) in [6, 6.07) is 8.04. The van der Waals surface area contributed by atoms with E-state index in [0.29, 0.717) is 16.5 Å². The topological polar surface area (TPSA) is 59.0 Å². The number of nitrogens with one attached hydrogen (secondary N) is 2. The number of hydrogen-bond acceptors (Lipinski definition) is 3. The lowest BCUT2D eigenvalue weighted by Gasteiger charge is -2.41. The first-order valence-electron chi connectivity index (χ1n) is 12.0. The molecule has 2 aromatic rings. The maximum atomic E-state index is 13.8. The van der Waals surface area contributed by atoms with Crippen LogP contribution >= 0.6 is 11.6 Å². The molecule has 2 aliphatic rings. The van der Waals surface area contributed by atoms with E-state index in [4.69, 9.17) is 16.7 Å². The number of aryl methyl sites for hydroxylation is 1. The van der Waals surface area contributed by atoms with Crippen LogP contribution in [0.15, 0.2) is 48.6 Å². The highest BCUT2D eigenvalue weighted by atomic mass is 35.5. The number of nitrogens with zero attached hydrogens (tertiary/aromatic N) is 2. The maximum absolute atomic E-state index is 13.8. The van der Waals surface area contributed by atoms with E-state index in [1.54, 1.807) is 0 Å². The summed E-state index contributed by atoms with van der Waals surface area (Å²) in [4.78, 5) is 13.8. The molecule has 0 saturated carbocycles. The highest BCUT2D eigenvalue weighted by Crippen LogP contribution is 2.39. The summed E-state index contributed by atoms with van der Waals surface area (Å²) in [5.41, 5.74) is 1.80. The van der Waals surface area contributed by atoms with Crippen LogP contribution in [0, 0.1) is 12.8 Å². The second kappa shape index (κ2) is 9.02. The van der Waals surface area contributed by atoms with Crippen LogP contribution in [0.4, 0.5) is 5.82 Å². The Labute approximate surface area is 202 Å². The monoisotopic (exact) mass is 466 g/mol. The number of carbonyl (C=O) groups excluding carboxylic acids is 1. The number of fused-ring (bicyclic) bond motifs is 1. The van der Waals surface area contributed by atoms with E-state index in [-0.39, 0.29) is 17.5 Å². The standard InChI is InChI=1S/C27H35ClN4O/c1-6-27(7-2,20-13-15-21(28)16-14-20)30-25(33)23-18(3)31-32-24(23)29-22(17-26(32,4)5)19-11-9-8-10-12-19/h8-11,13-16,19,22,29H,6-7,12,17H2,1-5H3,(H,30,33)/t19?,22-/m1/s1. The Bertz CT molecular complexity index is 1080. The van der Waals surface area contributed by atoms with Gasteiger partial charge < -0.3 is 10.6 Å². The van der Waals surface area contributed by atoms with E-state index < -0.39 is 5.54 Å². The Morgan fingerprint density at radius 1 is 1.24 bits per heavy atom. The van der Waals surface area contributed by atoms with Crippen LogP contribution in [-0.4, -0.2) is 21.7 Å².